The summed E-state index contributed by atoms with van der Waals surface area (Å²) in [6, 6.07) is 38.1. The van der Waals surface area contributed by atoms with Crippen LogP contribution >= 0.6 is 35.5 Å². The van der Waals surface area contributed by atoms with Crippen molar-refractivity contribution in [2.75, 3.05) is 13.2 Å². The van der Waals surface area contributed by atoms with E-state index in [1.54, 1.807) is 0 Å². The highest BCUT2D eigenvalue weighted by atomic mass is 79.9. The monoisotopic (exact) mass is 552 g/mol. The number of ether oxygens (including phenoxy) is 2. The zero-order valence-corrected chi connectivity index (χ0v) is 22.3. The molecule has 34 heavy (non-hydrogen) atoms. The maximum atomic E-state index is 5.99. The summed E-state index contributed by atoms with van der Waals surface area (Å²) < 4.78 is 11.2. The van der Waals surface area contributed by atoms with E-state index in [0.717, 1.165) is 16.5 Å². The second-order valence-corrected chi connectivity index (χ2v) is 11.1. The molecule has 174 valence electrons. The first kappa shape index (κ1) is 25.1. The second-order valence-electron chi connectivity index (χ2n) is 7.92. The number of benzene rings is 4. The molecule has 1 saturated heterocycles. The number of halogens is 2. The highest BCUT2D eigenvalue weighted by molar-refractivity contribution is 9.08. The van der Waals surface area contributed by atoms with Gasteiger partial charge in [-0.15, -0.1) is 0 Å². The van der Waals surface area contributed by atoms with Crippen LogP contribution in [0.5, 0.6) is 0 Å². The molecule has 0 spiro atoms. The molecule has 1 heterocycles. The first-order valence-corrected chi connectivity index (χ1v) is 14.0. The molecule has 0 unspecified atom stereocenters. The van der Waals surface area contributed by atoms with Crippen LogP contribution in [0.4, 0.5) is 0 Å². The summed E-state index contributed by atoms with van der Waals surface area (Å²) >= 11 is 9.44. The fourth-order valence-electron chi connectivity index (χ4n) is 3.94. The molecule has 0 N–H and O–H groups in total. The summed E-state index contributed by atoms with van der Waals surface area (Å²) in [7, 11) is -0.446. The highest BCUT2D eigenvalue weighted by Gasteiger charge is 2.35. The molecule has 4 aromatic rings. The Hall–Kier alpha value is -2.00. The number of rotatable bonds is 5. The van der Waals surface area contributed by atoms with Gasteiger partial charge in [0.25, 0.3) is 0 Å². The van der Waals surface area contributed by atoms with E-state index in [1.807, 2.05) is 25.1 Å². The summed E-state index contributed by atoms with van der Waals surface area (Å²) in [6.45, 7) is 3.19. The molecule has 1 aliphatic rings. The maximum Gasteiger partial charge on any atom is 0.192 e. The van der Waals surface area contributed by atoms with Crippen molar-refractivity contribution in [1.29, 1.82) is 0 Å². The summed E-state index contributed by atoms with van der Waals surface area (Å²) in [4.78, 5) is 0. The molecular formula is C29H27BrClO2P. The standard InChI is InChI=1S/C18H15P.C11H12BrClO2/c1-4-10-16(11-5-1)19(17-12-6-2-7-13-17)18-14-8-3-9-15-18;1-11(14-4-5-15-11)10-6-9(13)3-2-8(10)7-12/h1-15H;2-3,6H,4-5,7H2,1H3. The topological polar surface area (TPSA) is 18.5 Å². The normalized spacial score (nSPS) is 14.5. The van der Waals surface area contributed by atoms with E-state index < -0.39 is 13.7 Å². The van der Waals surface area contributed by atoms with Crippen LogP contribution in [0.25, 0.3) is 0 Å². The van der Waals surface area contributed by atoms with Gasteiger partial charge in [-0.3, -0.25) is 0 Å². The first-order chi connectivity index (χ1) is 16.6. The van der Waals surface area contributed by atoms with Crippen molar-refractivity contribution >= 4 is 51.4 Å². The summed E-state index contributed by atoms with van der Waals surface area (Å²) in [5.41, 5.74) is 2.15. The maximum absolute atomic E-state index is 5.99. The molecule has 5 rings (SSSR count). The van der Waals surface area contributed by atoms with Crippen LogP contribution in [0.1, 0.15) is 18.1 Å². The minimum atomic E-state index is -0.645. The number of alkyl halides is 1. The van der Waals surface area contributed by atoms with Crippen molar-refractivity contribution in [3.8, 4) is 0 Å². The van der Waals surface area contributed by atoms with Crippen molar-refractivity contribution in [1.82, 2.24) is 0 Å². The molecule has 1 fully saturated rings. The van der Waals surface area contributed by atoms with Gasteiger partial charge in [0, 0.05) is 15.9 Å². The van der Waals surface area contributed by atoms with Crippen molar-refractivity contribution in [3.05, 3.63) is 125 Å². The molecule has 0 aliphatic carbocycles. The molecule has 0 radical (unpaired) electrons. The van der Waals surface area contributed by atoms with Gasteiger partial charge in [-0.1, -0.05) is 125 Å². The molecule has 1 aliphatic heterocycles. The molecule has 0 amide bonds. The summed E-state index contributed by atoms with van der Waals surface area (Å²) in [5.74, 6) is -0.645. The van der Waals surface area contributed by atoms with Gasteiger partial charge in [-0.25, -0.2) is 0 Å². The molecule has 0 atom stereocenters. The Balaban J connectivity index is 0.000000166. The third kappa shape index (κ3) is 6.16. The summed E-state index contributed by atoms with van der Waals surface area (Å²) in [5, 5.41) is 5.66. The Morgan fingerprint density at radius 1 is 0.735 bits per heavy atom. The van der Waals surface area contributed by atoms with Crippen LogP contribution in [0.3, 0.4) is 0 Å². The van der Waals surface area contributed by atoms with Gasteiger partial charge in [0.2, 0.25) is 0 Å². The molecule has 0 aromatic heterocycles. The molecule has 0 bridgehead atoms. The second kappa shape index (κ2) is 12.1. The molecular weight excluding hydrogens is 527 g/mol. The number of hydrogen-bond donors (Lipinski definition) is 0. The van der Waals surface area contributed by atoms with Crippen LogP contribution in [-0.4, -0.2) is 13.2 Å². The van der Waals surface area contributed by atoms with Crippen LogP contribution in [0, 0.1) is 0 Å². The van der Waals surface area contributed by atoms with E-state index in [2.05, 4.69) is 107 Å². The molecule has 2 nitrogen and oxygen atoms in total. The van der Waals surface area contributed by atoms with E-state index in [9.17, 15) is 0 Å². The Bertz CT molecular complexity index is 1070. The largest absolute Gasteiger partial charge is 0.344 e. The van der Waals surface area contributed by atoms with Gasteiger partial charge in [-0.05, 0) is 48.5 Å². The first-order valence-electron chi connectivity index (χ1n) is 11.2. The Morgan fingerprint density at radius 2 is 1.18 bits per heavy atom. The molecule has 5 heteroatoms. The van der Waals surface area contributed by atoms with Gasteiger partial charge in [0.15, 0.2) is 5.79 Å². The van der Waals surface area contributed by atoms with Crippen molar-refractivity contribution < 1.29 is 9.47 Å². The third-order valence-corrected chi connectivity index (χ3v) is 8.87. The van der Waals surface area contributed by atoms with Gasteiger partial charge in [0.05, 0.1) is 13.2 Å². The van der Waals surface area contributed by atoms with Crippen molar-refractivity contribution in [3.63, 3.8) is 0 Å². The molecule has 4 aromatic carbocycles. The van der Waals surface area contributed by atoms with Gasteiger partial charge in [0.1, 0.15) is 0 Å². The van der Waals surface area contributed by atoms with E-state index in [4.69, 9.17) is 21.1 Å². The lowest BCUT2D eigenvalue weighted by Crippen LogP contribution is -2.24. The third-order valence-electron chi connectivity index (χ3n) is 5.59. The fourth-order valence-corrected chi connectivity index (χ4v) is 6.90. The van der Waals surface area contributed by atoms with E-state index in [0.29, 0.717) is 18.2 Å². The Labute approximate surface area is 216 Å². The average molecular weight is 554 g/mol. The lowest BCUT2D eigenvalue weighted by molar-refractivity contribution is -0.150. The van der Waals surface area contributed by atoms with E-state index in [1.165, 1.54) is 15.9 Å². The predicted molar refractivity (Wildman–Crippen MR) is 148 cm³/mol. The van der Waals surface area contributed by atoms with E-state index >= 15 is 0 Å². The summed E-state index contributed by atoms with van der Waals surface area (Å²) in [6.07, 6.45) is 0. The van der Waals surface area contributed by atoms with Crippen LogP contribution in [0.15, 0.2) is 109 Å². The minimum absolute atomic E-state index is 0.446. The lowest BCUT2D eigenvalue weighted by Gasteiger charge is -2.25. The average Bonchev–Trinajstić information content (AvgIpc) is 3.34. The molecule has 0 saturated carbocycles. The Kier molecular flexibility index (Phi) is 8.94. The van der Waals surface area contributed by atoms with Gasteiger partial charge >= 0.3 is 0 Å². The van der Waals surface area contributed by atoms with Gasteiger partial charge in [-0.2, -0.15) is 0 Å². The van der Waals surface area contributed by atoms with E-state index in [-0.39, 0.29) is 0 Å². The quantitative estimate of drug-likeness (QED) is 0.198. The lowest BCUT2D eigenvalue weighted by atomic mass is 10.0. The Morgan fingerprint density at radius 3 is 1.59 bits per heavy atom. The SMILES string of the molecule is CC1(c2cc(Cl)ccc2CBr)OCCO1.c1ccc(P(c2ccccc2)c2ccccc2)cc1. The predicted octanol–water partition coefficient (Wildman–Crippen LogP) is 6.90. The minimum Gasteiger partial charge on any atom is -0.344 e. The van der Waals surface area contributed by atoms with Gasteiger partial charge < -0.3 is 9.47 Å². The zero-order valence-electron chi connectivity index (χ0n) is 19.0. The fraction of sp³-hybridized carbons (Fsp3) is 0.172. The van der Waals surface area contributed by atoms with Crippen molar-refractivity contribution in [2.45, 2.75) is 18.0 Å². The number of hydrogen-bond acceptors (Lipinski definition) is 2. The zero-order chi connectivity index (χ0) is 23.8. The van der Waals surface area contributed by atoms with Crippen molar-refractivity contribution in [2.24, 2.45) is 0 Å². The van der Waals surface area contributed by atoms with Crippen LogP contribution in [-0.2, 0) is 20.6 Å². The highest BCUT2D eigenvalue weighted by Crippen LogP contribution is 2.35. The smallest absolute Gasteiger partial charge is 0.192 e. The van der Waals surface area contributed by atoms with Crippen LogP contribution < -0.4 is 15.9 Å². The van der Waals surface area contributed by atoms with Crippen LogP contribution in [0.2, 0.25) is 5.02 Å².